The summed E-state index contributed by atoms with van der Waals surface area (Å²) < 4.78 is 11.5. The fourth-order valence-corrected chi connectivity index (χ4v) is 7.28. The Labute approximate surface area is 167 Å². The highest BCUT2D eigenvalue weighted by Gasteiger charge is 2.67. The van der Waals surface area contributed by atoms with Crippen LogP contribution in [0.2, 0.25) is 0 Å². The Balaban J connectivity index is 1.67. The highest BCUT2D eigenvalue weighted by Crippen LogP contribution is 2.66. The largest absolute Gasteiger partial charge is 0.422 e. The Morgan fingerprint density at radius 1 is 1.04 bits per heavy atom. The maximum atomic E-state index is 12.0. The van der Waals surface area contributed by atoms with Crippen molar-refractivity contribution in [2.24, 2.45) is 35.0 Å². The Morgan fingerprint density at radius 3 is 2.36 bits per heavy atom. The number of ether oxygens (including phenoxy) is 2. The number of carbonyl (C=O) groups excluding carboxylic acids is 3. The molecule has 0 aliphatic heterocycles. The van der Waals surface area contributed by atoms with Gasteiger partial charge in [-0.05, 0) is 67.8 Å². The maximum absolute atomic E-state index is 12.0. The summed E-state index contributed by atoms with van der Waals surface area (Å²) in [4.78, 5) is 35.8. The number of rotatable bonds is 2. The number of allylic oxidation sites excluding steroid dienone is 1. The standard InChI is InChI=1S/C23H32O5/c1-13-11-20-18(17-6-5-16(26)12-19(13)17)7-9-22(4)21(20)8-10-23(22,27-14(2)24)28-15(3)25/h12-13,17-18,20-21H,5-11H2,1-4H3/t13-,17?,18+,20+,21-,22-/m0/s1. The van der Waals surface area contributed by atoms with E-state index in [9.17, 15) is 14.4 Å². The van der Waals surface area contributed by atoms with Crippen LogP contribution in [0.4, 0.5) is 0 Å². The summed E-state index contributed by atoms with van der Waals surface area (Å²) >= 11 is 0. The molecule has 4 rings (SSSR count). The Bertz CT molecular complexity index is 721. The molecule has 0 N–H and O–H groups in total. The second-order valence-electron chi connectivity index (χ2n) is 9.76. The molecule has 0 aromatic carbocycles. The molecule has 28 heavy (non-hydrogen) atoms. The van der Waals surface area contributed by atoms with Crippen molar-refractivity contribution < 1.29 is 23.9 Å². The lowest BCUT2D eigenvalue weighted by Crippen LogP contribution is -2.56. The van der Waals surface area contributed by atoms with E-state index in [1.807, 2.05) is 6.08 Å². The number of esters is 2. The van der Waals surface area contributed by atoms with Crippen LogP contribution in [0.3, 0.4) is 0 Å². The minimum Gasteiger partial charge on any atom is -0.422 e. The van der Waals surface area contributed by atoms with Gasteiger partial charge in [0.2, 0.25) is 0 Å². The third-order valence-electron chi connectivity index (χ3n) is 8.32. The molecule has 0 bridgehead atoms. The van der Waals surface area contributed by atoms with E-state index in [0.29, 0.717) is 42.4 Å². The minimum absolute atomic E-state index is 0.279. The quantitative estimate of drug-likeness (QED) is 0.524. The van der Waals surface area contributed by atoms with Crippen molar-refractivity contribution in [2.45, 2.75) is 78.4 Å². The van der Waals surface area contributed by atoms with Crippen LogP contribution in [0.1, 0.15) is 72.6 Å². The van der Waals surface area contributed by atoms with Gasteiger partial charge in [0.25, 0.3) is 5.79 Å². The number of fused-ring (bicyclic) bond motifs is 5. The number of hydrogen-bond donors (Lipinski definition) is 0. The monoisotopic (exact) mass is 388 g/mol. The van der Waals surface area contributed by atoms with Gasteiger partial charge in [0.05, 0.1) is 0 Å². The lowest BCUT2D eigenvalue weighted by molar-refractivity contribution is -0.273. The zero-order valence-electron chi connectivity index (χ0n) is 17.5. The van der Waals surface area contributed by atoms with E-state index < -0.39 is 17.7 Å². The molecule has 4 aliphatic rings. The van der Waals surface area contributed by atoms with E-state index in [4.69, 9.17) is 9.47 Å². The van der Waals surface area contributed by atoms with Crippen LogP contribution in [-0.2, 0) is 23.9 Å². The molecular weight excluding hydrogens is 356 g/mol. The average Bonchev–Trinajstić information content (AvgIpc) is 2.86. The van der Waals surface area contributed by atoms with Crippen LogP contribution in [0.15, 0.2) is 11.6 Å². The van der Waals surface area contributed by atoms with Crippen molar-refractivity contribution in [1.82, 2.24) is 0 Å². The van der Waals surface area contributed by atoms with Gasteiger partial charge < -0.3 is 9.47 Å². The second kappa shape index (κ2) is 6.70. The summed E-state index contributed by atoms with van der Waals surface area (Å²) in [5.41, 5.74) is 1.02. The molecule has 1 unspecified atom stereocenters. The molecule has 0 radical (unpaired) electrons. The number of carbonyl (C=O) groups is 3. The van der Waals surface area contributed by atoms with Crippen LogP contribution in [0.25, 0.3) is 0 Å². The molecule has 5 nitrogen and oxygen atoms in total. The number of ketones is 1. The molecule has 0 aromatic rings. The smallest absolute Gasteiger partial charge is 0.305 e. The zero-order chi connectivity index (χ0) is 20.3. The lowest BCUT2D eigenvalue weighted by Gasteiger charge is -2.56. The molecule has 0 heterocycles. The highest BCUT2D eigenvalue weighted by molar-refractivity contribution is 5.91. The van der Waals surface area contributed by atoms with Gasteiger partial charge in [0, 0.05) is 32.1 Å². The van der Waals surface area contributed by atoms with E-state index in [1.54, 1.807) is 0 Å². The predicted octanol–water partition coefficient (Wildman–Crippen LogP) is 4.20. The first-order valence-corrected chi connectivity index (χ1v) is 10.8. The van der Waals surface area contributed by atoms with Crippen LogP contribution >= 0.6 is 0 Å². The molecule has 154 valence electrons. The third-order valence-corrected chi connectivity index (χ3v) is 8.32. The maximum Gasteiger partial charge on any atom is 0.305 e. The van der Waals surface area contributed by atoms with Gasteiger partial charge in [-0.3, -0.25) is 14.4 Å². The molecule has 3 saturated carbocycles. The molecule has 0 spiro atoms. The van der Waals surface area contributed by atoms with Crippen LogP contribution in [0, 0.1) is 35.0 Å². The normalized spacial score (nSPS) is 41.2. The lowest BCUT2D eigenvalue weighted by atomic mass is 9.50. The van der Waals surface area contributed by atoms with E-state index in [1.165, 1.54) is 19.4 Å². The van der Waals surface area contributed by atoms with E-state index in [-0.39, 0.29) is 11.2 Å². The first kappa shape index (κ1) is 19.7. The Morgan fingerprint density at radius 2 is 1.71 bits per heavy atom. The van der Waals surface area contributed by atoms with Gasteiger partial charge in [-0.2, -0.15) is 0 Å². The van der Waals surface area contributed by atoms with Crippen molar-refractivity contribution in [3.63, 3.8) is 0 Å². The first-order chi connectivity index (χ1) is 13.2. The molecule has 0 aromatic heterocycles. The molecule has 4 aliphatic carbocycles. The van der Waals surface area contributed by atoms with Gasteiger partial charge in [-0.25, -0.2) is 0 Å². The van der Waals surface area contributed by atoms with Crippen molar-refractivity contribution in [3.05, 3.63) is 11.6 Å². The van der Waals surface area contributed by atoms with Gasteiger partial charge in [0.1, 0.15) is 0 Å². The van der Waals surface area contributed by atoms with E-state index in [0.717, 1.165) is 32.1 Å². The van der Waals surface area contributed by atoms with Crippen LogP contribution in [-0.4, -0.2) is 23.5 Å². The molecule has 3 fully saturated rings. The molecule has 0 saturated heterocycles. The highest BCUT2D eigenvalue weighted by atomic mass is 16.7. The summed E-state index contributed by atoms with van der Waals surface area (Å²) in [6.45, 7) is 7.20. The number of hydrogen-bond acceptors (Lipinski definition) is 5. The van der Waals surface area contributed by atoms with Crippen LogP contribution in [0.5, 0.6) is 0 Å². The van der Waals surface area contributed by atoms with Gasteiger partial charge in [-0.1, -0.05) is 19.4 Å². The topological polar surface area (TPSA) is 69.7 Å². The summed E-state index contributed by atoms with van der Waals surface area (Å²) in [5, 5.41) is 0. The van der Waals surface area contributed by atoms with Crippen molar-refractivity contribution in [3.8, 4) is 0 Å². The summed E-state index contributed by atoms with van der Waals surface area (Å²) in [7, 11) is 0. The summed E-state index contributed by atoms with van der Waals surface area (Å²) in [6, 6.07) is 0. The van der Waals surface area contributed by atoms with Crippen molar-refractivity contribution >= 4 is 17.7 Å². The van der Waals surface area contributed by atoms with E-state index in [2.05, 4.69) is 13.8 Å². The van der Waals surface area contributed by atoms with E-state index >= 15 is 0 Å². The molecule has 6 atom stereocenters. The fraction of sp³-hybridized carbons (Fsp3) is 0.783. The average molecular weight is 389 g/mol. The molecular formula is C23H32O5. The van der Waals surface area contributed by atoms with Crippen molar-refractivity contribution in [2.75, 3.05) is 0 Å². The Hall–Kier alpha value is -1.65. The SMILES string of the molecule is CC(=O)OC1(OC(C)=O)CC[C@H]2[C@@H]3C[C@H](C)C4=CC(=O)CCC4[C@H]3CC[C@@]21C. The molecule has 0 amide bonds. The van der Waals surface area contributed by atoms with Crippen LogP contribution < -0.4 is 0 Å². The summed E-state index contributed by atoms with van der Waals surface area (Å²) in [6.07, 6.45) is 8.04. The van der Waals surface area contributed by atoms with Crippen molar-refractivity contribution in [1.29, 1.82) is 0 Å². The minimum atomic E-state index is -1.14. The van der Waals surface area contributed by atoms with Gasteiger partial charge in [0.15, 0.2) is 5.78 Å². The Kier molecular flexibility index (Phi) is 4.71. The zero-order valence-corrected chi connectivity index (χ0v) is 17.5. The first-order valence-electron chi connectivity index (χ1n) is 10.8. The molecule has 5 heteroatoms. The van der Waals surface area contributed by atoms with Gasteiger partial charge in [-0.15, -0.1) is 0 Å². The second-order valence-corrected chi connectivity index (χ2v) is 9.76. The third kappa shape index (κ3) is 2.84. The summed E-state index contributed by atoms with van der Waals surface area (Å²) in [5.74, 6) is 0.757. The fourth-order valence-electron chi connectivity index (χ4n) is 7.28. The predicted molar refractivity (Wildman–Crippen MR) is 103 cm³/mol. The van der Waals surface area contributed by atoms with Gasteiger partial charge >= 0.3 is 11.9 Å².